The van der Waals surface area contributed by atoms with Crippen molar-refractivity contribution in [1.82, 2.24) is 9.80 Å². The van der Waals surface area contributed by atoms with Crippen LogP contribution in [-0.4, -0.2) is 53.8 Å². The molecule has 0 saturated carbocycles. The number of carbonyl (C=O) groups excluding carboxylic acids is 2. The summed E-state index contributed by atoms with van der Waals surface area (Å²) in [6, 6.07) is 9.49. The monoisotopic (exact) mass is 343 g/mol. The zero-order valence-corrected chi connectivity index (χ0v) is 14.9. The fourth-order valence-corrected chi connectivity index (χ4v) is 3.91. The van der Waals surface area contributed by atoms with E-state index in [1.807, 2.05) is 40.1 Å². The normalized spacial score (nSPS) is 20.1. The topological polar surface area (TPSA) is 66.6 Å². The predicted molar refractivity (Wildman–Crippen MR) is 97.9 cm³/mol. The van der Waals surface area contributed by atoms with Gasteiger partial charge < -0.3 is 15.5 Å². The minimum Gasteiger partial charge on any atom is -0.343 e. The fourth-order valence-electron chi connectivity index (χ4n) is 3.91. The standard InChI is InChI=1S/C20H29N3O2/c21-18(15-17-5-2-1-3-6-17)20(25)23-13-9-16(10-14-23)8-12-22-11-4-7-19(22)24/h1-3,5-6,16,18H,4,7-15,21H2. The zero-order valence-electron chi connectivity index (χ0n) is 14.9. The van der Waals surface area contributed by atoms with Gasteiger partial charge in [-0.2, -0.15) is 0 Å². The summed E-state index contributed by atoms with van der Waals surface area (Å²) in [6.07, 6.45) is 5.41. The number of nitrogens with two attached hydrogens (primary N) is 1. The van der Waals surface area contributed by atoms with E-state index in [4.69, 9.17) is 5.73 Å². The Morgan fingerprint density at radius 3 is 2.52 bits per heavy atom. The molecule has 1 aromatic rings. The highest BCUT2D eigenvalue weighted by Gasteiger charge is 2.27. The van der Waals surface area contributed by atoms with Gasteiger partial charge in [-0.3, -0.25) is 9.59 Å². The number of amides is 2. The molecule has 1 aromatic carbocycles. The molecule has 0 spiro atoms. The van der Waals surface area contributed by atoms with Crippen LogP contribution < -0.4 is 5.73 Å². The van der Waals surface area contributed by atoms with Gasteiger partial charge in [0.15, 0.2) is 0 Å². The van der Waals surface area contributed by atoms with Crippen LogP contribution in [0.3, 0.4) is 0 Å². The van der Waals surface area contributed by atoms with Crippen LogP contribution in [0.15, 0.2) is 30.3 Å². The van der Waals surface area contributed by atoms with Crippen LogP contribution in [0, 0.1) is 5.92 Å². The largest absolute Gasteiger partial charge is 0.343 e. The van der Waals surface area contributed by atoms with Crippen LogP contribution in [0.4, 0.5) is 0 Å². The van der Waals surface area contributed by atoms with Crippen molar-refractivity contribution in [2.45, 2.75) is 44.6 Å². The van der Waals surface area contributed by atoms with Crippen molar-refractivity contribution in [2.24, 2.45) is 11.7 Å². The molecule has 2 aliphatic rings. The van der Waals surface area contributed by atoms with Crippen LogP contribution in [0.25, 0.3) is 0 Å². The molecule has 25 heavy (non-hydrogen) atoms. The first-order chi connectivity index (χ1) is 12.1. The Hall–Kier alpha value is -1.88. The van der Waals surface area contributed by atoms with E-state index >= 15 is 0 Å². The molecular formula is C20H29N3O2. The number of hydrogen-bond acceptors (Lipinski definition) is 3. The summed E-state index contributed by atoms with van der Waals surface area (Å²) in [4.78, 5) is 28.2. The van der Waals surface area contributed by atoms with E-state index in [2.05, 4.69) is 0 Å². The maximum absolute atomic E-state index is 12.6. The van der Waals surface area contributed by atoms with Crippen molar-refractivity contribution >= 4 is 11.8 Å². The highest BCUT2D eigenvalue weighted by Crippen LogP contribution is 2.22. The third-order valence-electron chi connectivity index (χ3n) is 5.52. The molecule has 2 heterocycles. The Kier molecular flexibility index (Phi) is 6.08. The SMILES string of the molecule is NC(Cc1ccccc1)C(=O)N1CCC(CCN2CCCC2=O)CC1. The fraction of sp³-hybridized carbons (Fsp3) is 0.600. The number of rotatable bonds is 6. The summed E-state index contributed by atoms with van der Waals surface area (Å²) in [5, 5.41) is 0. The number of benzene rings is 1. The van der Waals surface area contributed by atoms with Crippen LogP contribution in [0.5, 0.6) is 0 Å². The van der Waals surface area contributed by atoms with Crippen LogP contribution in [0.2, 0.25) is 0 Å². The molecule has 2 fully saturated rings. The lowest BCUT2D eigenvalue weighted by Gasteiger charge is -2.34. The van der Waals surface area contributed by atoms with Gasteiger partial charge in [0.05, 0.1) is 6.04 Å². The molecule has 2 amide bonds. The van der Waals surface area contributed by atoms with Crippen LogP contribution in [-0.2, 0) is 16.0 Å². The Balaban J connectivity index is 1.40. The molecule has 0 radical (unpaired) electrons. The lowest BCUT2D eigenvalue weighted by molar-refractivity contribution is -0.134. The molecule has 1 atom stereocenters. The second-order valence-corrected chi connectivity index (χ2v) is 7.34. The van der Waals surface area contributed by atoms with Crippen molar-refractivity contribution in [3.8, 4) is 0 Å². The maximum Gasteiger partial charge on any atom is 0.239 e. The average molecular weight is 343 g/mol. The highest BCUT2D eigenvalue weighted by molar-refractivity contribution is 5.82. The molecule has 3 rings (SSSR count). The van der Waals surface area contributed by atoms with E-state index in [1.54, 1.807) is 0 Å². The first-order valence-corrected chi connectivity index (χ1v) is 9.49. The summed E-state index contributed by atoms with van der Waals surface area (Å²) in [7, 11) is 0. The zero-order chi connectivity index (χ0) is 17.6. The van der Waals surface area contributed by atoms with Crippen molar-refractivity contribution in [2.75, 3.05) is 26.2 Å². The predicted octanol–water partition coefficient (Wildman–Crippen LogP) is 1.81. The first-order valence-electron chi connectivity index (χ1n) is 9.49. The number of piperidine rings is 1. The maximum atomic E-state index is 12.6. The summed E-state index contributed by atoms with van der Waals surface area (Å²) in [6.45, 7) is 3.38. The third-order valence-corrected chi connectivity index (χ3v) is 5.52. The smallest absolute Gasteiger partial charge is 0.239 e. The van der Waals surface area contributed by atoms with Gasteiger partial charge in [0.1, 0.15) is 0 Å². The number of hydrogen-bond donors (Lipinski definition) is 1. The van der Waals surface area contributed by atoms with Gasteiger partial charge in [0.25, 0.3) is 0 Å². The molecule has 0 aromatic heterocycles. The molecular weight excluding hydrogens is 314 g/mol. The number of likely N-dealkylation sites (tertiary alicyclic amines) is 2. The highest BCUT2D eigenvalue weighted by atomic mass is 16.2. The van der Waals surface area contributed by atoms with Gasteiger partial charge in [-0.1, -0.05) is 30.3 Å². The van der Waals surface area contributed by atoms with Gasteiger partial charge in [0.2, 0.25) is 11.8 Å². The first kappa shape index (κ1) is 17.9. The summed E-state index contributed by atoms with van der Waals surface area (Å²) >= 11 is 0. The van der Waals surface area contributed by atoms with Gasteiger partial charge in [-0.05, 0) is 43.6 Å². The van der Waals surface area contributed by atoms with Gasteiger partial charge in [-0.15, -0.1) is 0 Å². The summed E-state index contributed by atoms with van der Waals surface area (Å²) in [5.74, 6) is 0.985. The molecule has 2 aliphatic heterocycles. The molecule has 5 nitrogen and oxygen atoms in total. The van der Waals surface area contributed by atoms with Crippen molar-refractivity contribution < 1.29 is 9.59 Å². The number of carbonyl (C=O) groups is 2. The molecule has 1 unspecified atom stereocenters. The molecule has 0 bridgehead atoms. The van der Waals surface area contributed by atoms with E-state index in [9.17, 15) is 9.59 Å². The lowest BCUT2D eigenvalue weighted by Crippen LogP contribution is -2.48. The minimum absolute atomic E-state index is 0.0667. The third kappa shape index (κ3) is 4.82. The van der Waals surface area contributed by atoms with Gasteiger partial charge >= 0.3 is 0 Å². The minimum atomic E-state index is -0.457. The van der Waals surface area contributed by atoms with Crippen LogP contribution in [0.1, 0.15) is 37.7 Å². The van der Waals surface area contributed by atoms with E-state index < -0.39 is 6.04 Å². The molecule has 136 valence electrons. The van der Waals surface area contributed by atoms with E-state index in [-0.39, 0.29) is 5.91 Å². The average Bonchev–Trinajstić information content (AvgIpc) is 3.05. The second-order valence-electron chi connectivity index (χ2n) is 7.34. The van der Waals surface area contributed by atoms with E-state index in [1.165, 1.54) is 0 Å². The molecule has 0 aliphatic carbocycles. The van der Waals surface area contributed by atoms with Gasteiger partial charge in [-0.25, -0.2) is 0 Å². The Morgan fingerprint density at radius 2 is 1.88 bits per heavy atom. The van der Waals surface area contributed by atoms with E-state index in [0.717, 1.165) is 57.4 Å². The molecule has 2 N–H and O–H groups in total. The van der Waals surface area contributed by atoms with Crippen molar-refractivity contribution in [3.63, 3.8) is 0 Å². The lowest BCUT2D eigenvalue weighted by atomic mass is 9.92. The Bertz CT molecular complexity index is 582. The van der Waals surface area contributed by atoms with Crippen LogP contribution >= 0.6 is 0 Å². The molecule has 2 saturated heterocycles. The second kappa shape index (κ2) is 8.48. The van der Waals surface area contributed by atoms with E-state index in [0.29, 0.717) is 24.7 Å². The Labute approximate surface area is 150 Å². The number of nitrogens with zero attached hydrogens (tertiary/aromatic N) is 2. The van der Waals surface area contributed by atoms with Crippen molar-refractivity contribution in [3.05, 3.63) is 35.9 Å². The quantitative estimate of drug-likeness (QED) is 0.856. The van der Waals surface area contributed by atoms with Crippen molar-refractivity contribution in [1.29, 1.82) is 0 Å². The summed E-state index contributed by atoms with van der Waals surface area (Å²) < 4.78 is 0. The summed E-state index contributed by atoms with van der Waals surface area (Å²) in [5.41, 5.74) is 7.24. The molecule has 5 heteroatoms. The van der Waals surface area contributed by atoms with Gasteiger partial charge in [0, 0.05) is 32.6 Å². The Morgan fingerprint density at radius 1 is 1.16 bits per heavy atom.